The lowest BCUT2D eigenvalue weighted by Gasteiger charge is -2.15. The van der Waals surface area contributed by atoms with E-state index >= 15 is 0 Å². The number of nitrogens with zero attached hydrogens (tertiary/aromatic N) is 2. The third kappa shape index (κ3) is 6.58. The summed E-state index contributed by atoms with van der Waals surface area (Å²) >= 11 is 1.48. The van der Waals surface area contributed by atoms with E-state index in [1.54, 1.807) is 13.3 Å². The molecule has 1 rings (SSSR count). The van der Waals surface area contributed by atoms with E-state index in [-0.39, 0.29) is 6.10 Å². The zero-order chi connectivity index (χ0) is 12.5. The summed E-state index contributed by atoms with van der Waals surface area (Å²) in [5.41, 5.74) is 0. The minimum Gasteiger partial charge on any atom is -0.390 e. The first kappa shape index (κ1) is 14.4. The average Bonchev–Trinajstić information content (AvgIpc) is 2.35. The third-order valence-electron chi connectivity index (χ3n) is 1.95. The molecule has 2 atom stereocenters. The van der Waals surface area contributed by atoms with Gasteiger partial charge in [0.1, 0.15) is 6.33 Å². The summed E-state index contributed by atoms with van der Waals surface area (Å²) < 4.78 is 10.3. The van der Waals surface area contributed by atoms with Gasteiger partial charge in [0.25, 0.3) is 0 Å². The van der Waals surface area contributed by atoms with Crippen LogP contribution in [0.25, 0.3) is 0 Å². The maximum absolute atomic E-state index is 9.70. The van der Waals surface area contributed by atoms with Gasteiger partial charge in [0.15, 0.2) is 0 Å². The minimum absolute atomic E-state index is 0.00120. The summed E-state index contributed by atoms with van der Waals surface area (Å²) in [7, 11) is 1.63. The second-order valence-electron chi connectivity index (χ2n) is 3.61. The standard InChI is InChI=1S/C11H18N2O3S/c1-9(5-15-2)16-6-10(14)7-17-11-3-4-12-8-13-11/h3-4,8-10,14H,5-7H2,1-2H3. The second-order valence-corrected chi connectivity index (χ2v) is 4.65. The van der Waals surface area contributed by atoms with Gasteiger partial charge in [-0.15, -0.1) is 11.8 Å². The lowest BCUT2D eigenvalue weighted by atomic mass is 10.4. The molecule has 0 aliphatic carbocycles. The predicted molar refractivity (Wildman–Crippen MR) is 66.1 cm³/mol. The van der Waals surface area contributed by atoms with Crippen LogP contribution in [0.5, 0.6) is 0 Å². The Balaban J connectivity index is 2.15. The van der Waals surface area contributed by atoms with Crippen molar-refractivity contribution in [2.45, 2.75) is 24.2 Å². The van der Waals surface area contributed by atoms with Crippen LogP contribution in [0.4, 0.5) is 0 Å². The Bertz CT molecular complexity index is 300. The van der Waals surface area contributed by atoms with E-state index in [1.807, 2.05) is 13.0 Å². The van der Waals surface area contributed by atoms with Gasteiger partial charge in [-0.05, 0) is 13.0 Å². The summed E-state index contributed by atoms with van der Waals surface area (Å²) in [6, 6.07) is 1.81. The first-order chi connectivity index (χ1) is 8.22. The molecule has 1 aromatic rings. The maximum Gasteiger partial charge on any atom is 0.116 e. The fourth-order valence-electron chi connectivity index (χ4n) is 1.15. The molecule has 1 aromatic heterocycles. The van der Waals surface area contributed by atoms with Crippen molar-refractivity contribution >= 4 is 11.8 Å². The Morgan fingerprint density at radius 2 is 2.29 bits per heavy atom. The Morgan fingerprint density at radius 1 is 1.47 bits per heavy atom. The molecular formula is C11H18N2O3S. The lowest BCUT2D eigenvalue weighted by Crippen LogP contribution is -2.24. The molecule has 0 saturated heterocycles. The van der Waals surface area contributed by atoms with Crippen LogP contribution in [-0.4, -0.2) is 53.4 Å². The van der Waals surface area contributed by atoms with Crippen molar-refractivity contribution in [3.63, 3.8) is 0 Å². The number of ether oxygens (including phenoxy) is 2. The van der Waals surface area contributed by atoms with Crippen LogP contribution in [0.3, 0.4) is 0 Å². The first-order valence-electron chi connectivity index (χ1n) is 5.39. The van der Waals surface area contributed by atoms with Crippen molar-refractivity contribution in [2.24, 2.45) is 0 Å². The summed E-state index contributed by atoms with van der Waals surface area (Å²) in [4.78, 5) is 7.88. The molecule has 0 fully saturated rings. The molecule has 17 heavy (non-hydrogen) atoms. The van der Waals surface area contributed by atoms with Gasteiger partial charge >= 0.3 is 0 Å². The molecule has 0 aromatic carbocycles. The average molecular weight is 258 g/mol. The Labute approximate surface area is 106 Å². The van der Waals surface area contributed by atoms with E-state index in [9.17, 15) is 5.11 Å². The van der Waals surface area contributed by atoms with Gasteiger partial charge in [0, 0.05) is 19.1 Å². The number of aromatic nitrogens is 2. The van der Waals surface area contributed by atoms with Crippen molar-refractivity contribution in [3.8, 4) is 0 Å². The molecule has 0 spiro atoms. The summed E-state index contributed by atoms with van der Waals surface area (Å²) in [6.45, 7) is 2.75. The molecule has 0 amide bonds. The largest absolute Gasteiger partial charge is 0.390 e. The van der Waals surface area contributed by atoms with E-state index in [0.717, 1.165) is 5.03 Å². The topological polar surface area (TPSA) is 64.5 Å². The Morgan fingerprint density at radius 3 is 2.94 bits per heavy atom. The summed E-state index contributed by atoms with van der Waals surface area (Å²) in [6.07, 6.45) is 2.66. The van der Waals surface area contributed by atoms with E-state index in [2.05, 4.69) is 9.97 Å². The van der Waals surface area contributed by atoms with Crippen molar-refractivity contribution in [2.75, 3.05) is 26.1 Å². The molecular weight excluding hydrogens is 240 g/mol. The zero-order valence-corrected chi connectivity index (χ0v) is 10.9. The second kappa shape index (κ2) is 8.41. The van der Waals surface area contributed by atoms with Crippen LogP contribution in [0.1, 0.15) is 6.92 Å². The van der Waals surface area contributed by atoms with Gasteiger partial charge in [-0.25, -0.2) is 9.97 Å². The van der Waals surface area contributed by atoms with Gasteiger partial charge in [-0.3, -0.25) is 0 Å². The summed E-state index contributed by atoms with van der Waals surface area (Å²) in [5.74, 6) is 0.552. The number of hydrogen-bond acceptors (Lipinski definition) is 6. The molecule has 0 aliphatic rings. The molecule has 5 nitrogen and oxygen atoms in total. The van der Waals surface area contributed by atoms with Gasteiger partial charge in [0.2, 0.25) is 0 Å². The lowest BCUT2D eigenvalue weighted by molar-refractivity contribution is -0.0257. The number of rotatable bonds is 8. The molecule has 1 heterocycles. The summed E-state index contributed by atoms with van der Waals surface area (Å²) in [5, 5.41) is 10.5. The first-order valence-corrected chi connectivity index (χ1v) is 6.38. The smallest absolute Gasteiger partial charge is 0.116 e. The number of hydrogen-bond donors (Lipinski definition) is 1. The van der Waals surface area contributed by atoms with Crippen LogP contribution in [0.2, 0.25) is 0 Å². The molecule has 0 bridgehead atoms. The van der Waals surface area contributed by atoms with E-state index in [4.69, 9.17) is 9.47 Å². The minimum atomic E-state index is -0.505. The fraction of sp³-hybridized carbons (Fsp3) is 0.636. The van der Waals surface area contributed by atoms with E-state index in [0.29, 0.717) is 19.0 Å². The third-order valence-corrected chi connectivity index (χ3v) is 3.04. The van der Waals surface area contributed by atoms with Crippen molar-refractivity contribution in [3.05, 3.63) is 18.6 Å². The van der Waals surface area contributed by atoms with E-state index in [1.165, 1.54) is 18.1 Å². The highest BCUT2D eigenvalue weighted by Crippen LogP contribution is 2.14. The monoisotopic (exact) mass is 258 g/mol. The van der Waals surface area contributed by atoms with E-state index < -0.39 is 6.10 Å². The molecule has 0 radical (unpaired) electrons. The van der Waals surface area contributed by atoms with Gasteiger partial charge in [0.05, 0.1) is 30.4 Å². The van der Waals surface area contributed by atoms with Gasteiger partial charge in [-0.2, -0.15) is 0 Å². The van der Waals surface area contributed by atoms with Crippen LogP contribution in [0, 0.1) is 0 Å². The van der Waals surface area contributed by atoms with Gasteiger partial charge < -0.3 is 14.6 Å². The van der Waals surface area contributed by atoms with Crippen LogP contribution in [-0.2, 0) is 9.47 Å². The van der Waals surface area contributed by atoms with Crippen molar-refractivity contribution < 1.29 is 14.6 Å². The van der Waals surface area contributed by atoms with Crippen molar-refractivity contribution in [1.82, 2.24) is 9.97 Å². The van der Waals surface area contributed by atoms with Gasteiger partial charge in [-0.1, -0.05) is 0 Å². The number of thioether (sulfide) groups is 1. The quantitative estimate of drug-likeness (QED) is 0.554. The predicted octanol–water partition coefficient (Wildman–Crippen LogP) is 0.981. The highest BCUT2D eigenvalue weighted by Gasteiger charge is 2.09. The Hall–Kier alpha value is -0.690. The fourth-order valence-corrected chi connectivity index (χ4v) is 1.89. The molecule has 96 valence electrons. The zero-order valence-electron chi connectivity index (χ0n) is 10.1. The number of aliphatic hydroxyl groups is 1. The normalized spacial score (nSPS) is 14.5. The Kier molecular flexibility index (Phi) is 7.11. The molecule has 6 heteroatoms. The maximum atomic E-state index is 9.70. The van der Waals surface area contributed by atoms with Crippen LogP contribution in [0.15, 0.2) is 23.6 Å². The molecule has 0 saturated carbocycles. The van der Waals surface area contributed by atoms with Crippen LogP contribution < -0.4 is 0 Å². The molecule has 2 unspecified atom stereocenters. The number of methoxy groups -OCH3 is 1. The van der Waals surface area contributed by atoms with Crippen molar-refractivity contribution in [1.29, 1.82) is 0 Å². The SMILES string of the molecule is COCC(C)OCC(O)CSc1ccncn1. The molecule has 0 aliphatic heterocycles. The highest BCUT2D eigenvalue weighted by atomic mass is 32.2. The number of aliphatic hydroxyl groups excluding tert-OH is 1. The van der Waals surface area contributed by atoms with Crippen LogP contribution >= 0.6 is 11.8 Å². The highest BCUT2D eigenvalue weighted by molar-refractivity contribution is 7.99. The molecule has 1 N–H and O–H groups in total.